The Labute approximate surface area is 53.8 Å². The van der Waals surface area contributed by atoms with E-state index in [4.69, 9.17) is 14.5 Å². The van der Waals surface area contributed by atoms with Gasteiger partial charge in [-0.15, -0.1) is 0 Å². The van der Waals surface area contributed by atoms with Gasteiger partial charge in [0.25, 0.3) is 0 Å². The molecule has 9 heavy (non-hydrogen) atoms. The van der Waals surface area contributed by atoms with Crippen molar-refractivity contribution in [1.82, 2.24) is 0 Å². The molecule has 3 N–H and O–H groups in total. The molecule has 0 rings (SSSR count). The van der Waals surface area contributed by atoms with Gasteiger partial charge in [-0.25, -0.2) is 0 Å². The summed E-state index contributed by atoms with van der Waals surface area (Å²) < 4.78 is 14.3. The second-order valence-corrected chi connectivity index (χ2v) is 6.03. The van der Waals surface area contributed by atoms with Crippen molar-refractivity contribution in [2.75, 3.05) is 6.66 Å². The van der Waals surface area contributed by atoms with E-state index in [1.807, 2.05) is 0 Å². The van der Waals surface area contributed by atoms with Crippen LogP contribution in [0.3, 0.4) is 0 Å². The zero-order chi connectivity index (χ0) is 7.71. The van der Waals surface area contributed by atoms with Gasteiger partial charge in [-0.3, -0.25) is 4.57 Å². The summed E-state index contributed by atoms with van der Waals surface area (Å²) in [4.78, 5) is 25.4. The maximum Gasteiger partial charge on any atom is 0.499 e. The van der Waals surface area contributed by atoms with Gasteiger partial charge in [-0.05, 0) is 0 Å². The number of rotatable bonds is 2. The lowest BCUT2D eigenvalue weighted by molar-refractivity contribution is 0.233. The first-order valence-corrected chi connectivity index (χ1v) is 6.49. The molecule has 0 aliphatic carbocycles. The summed E-state index contributed by atoms with van der Waals surface area (Å²) in [5, 5.41) is 0. The van der Waals surface area contributed by atoms with Crippen LogP contribution in [-0.2, 0) is 8.78 Å². The first-order chi connectivity index (χ1) is 3.71. The first-order valence-electron chi connectivity index (χ1n) is 2.16. The molecule has 0 aliphatic rings. The van der Waals surface area contributed by atoms with E-state index in [0.717, 1.165) is 13.2 Å². The Morgan fingerprint density at radius 2 is 1.89 bits per heavy atom. The van der Waals surface area contributed by atoms with E-state index in [1.54, 1.807) is 0 Å². The van der Waals surface area contributed by atoms with Crippen molar-refractivity contribution in [3.05, 3.63) is 0 Å². The Balaban J connectivity index is 3.90. The Kier molecular flexibility index (Phi) is 2.57. The van der Waals surface area contributed by atoms with Gasteiger partial charge in [-0.2, -0.15) is 0 Å². The third-order valence-electron chi connectivity index (χ3n) is 0.342. The predicted molar refractivity (Wildman–Crippen MR) is 32.9 cm³/mol. The zero-order valence-corrected chi connectivity index (χ0v) is 7.00. The topological polar surface area (TPSA) is 87.0 Å². The van der Waals surface area contributed by atoms with E-state index < -0.39 is 16.4 Å². The Morgan fingerprint density at radius 1 is 1.56 bits per heavy atom. The normalized spacial score (nSPS) is 19.2. The summed E-state index contributed by atoms with van der Waals surface area (Å²) >= 11 is 0. The SMILES string of the molecule is C[Si](O)(O)OP(C)(=O)O. The molecule has 0 aliphatic heterocycles. The predicted octanol–water partition coefficient (Wildman–Crippen LogP) is -0.629. The van der Waals surface area contributed by atoms with Crippen molar-refractivity contribution in [2.24, 2.45) is 0 Å². The highest BCUT2D eigenvalue weighted by atomic mass is 31.2. The molecule has 0 saturated carbocycles. The Morgan fingerprint density at radius 3 is 1.89 bits per heavy atom. The van der Waals surface area contributed by atoms with E-state index in [1.165, 1.54) is 0 Å². The van der Waals surface area contributed by atoms with Crippen molar-refractivity contribution in [3.63, 3.8) is 0 Å². The molecule has 0 aromatic heterocycles. The van der Waals surface area contributed by atoms with Crippen LogP contribution in [-0.4, -0.2) is 30.0 Å². The summed E-state index contributed by atoms with van der Waals surface area (Å²) in [7, 11) is -7.53. The molecule has 0 bridgehead atoms. The molecule has 0 aromatic rings. The molecule has 0 fully saturated rings. The highest BCUT2D eigenvalue weighted by Crippen LogP contribution is 2.38. The van der Waals surface area contributed by atoms with Crippen molar-refractivity contribution in [3.8, 4) is 0 Å². The maximum atomic E-state index is 10.3. The third kappa shape index (κ3) is 8.29. The minimum atomic E-state index is -3.81. The van der Waals surface area contributed by atoms with Crippen LogP contribution < -0.4 is 0 Å². The van der Waals surface area contributed by atoms with Crippen LogP contribution in [0, 0.1) is 0 Å². The van der Waals surface area contributed by atoms with Crippen LogP contribution in [0.5, 0.6) is 0 Å². The fourth-order valence-electron chi connectivity index (χ4n) is 0.321. The van der Waals surface area contributed by atoms with Gasteiger partial charge in [0.15, 0.2) is 0 Å². The fourth-order valence-corrected chi connectivity index (χ4v) is 2.89. The van der Waals surface area contributed by atoms with Gasteiger partial charge >= 0.3 is 16.4 Å². The van der Waals surface area contributed by atoms with Crippen LogP contribution in [0.4, 0.5) is 0 Å². The quantitative estimate of drug-likeness (QED) is 0.381. The van der Waals surface area contributed by atoms with Crippen LogP contribution in [0.15, 0.2) is 0 Å². The van der Waals surface area contributed by atoms with E-state index in [9.17, 15) is 4.57 Å². The Bertz CT molecular complexity index is 132. The molecular weight excluding hydrogens is 163 g/mol. The van der Waals surface area contributed by atoms with E-state index >= 15 is 0 Å². The molecule has 1 atom stereocenters. The summed E-state index contributed by atoms with van der Waals surface area (Å²) in [6, 6.07) is 0. The minimum Gasteiger partial charge on any atom is -0.390 e. The summed E-state index contributed by atoms with van der Waals surface area (Å²) in [5.74, 6) is 0. The first kappa shape index (κ1) is 9.29. The lowest BCUT2D eigenvalue weighted by Gasteiger charge is -2.13. The van der Waals surface area contributed by atoms with Gasteiger partial charge in [0.05, 0.1) is 0 Å². The molecule has 0 heterocycles. The van der Waals surface area contributed by atoms with Crippen LogP contribution >= 0.6 is 7.60 Å². The van der Waals surface area contributed by atoms with Gasteiger partial charge in [0.2, 0.25) is 0 Å². The van der Waals surface area contributed by atoms with Gasteiger partial charge in [0.1, 0.15) is 0 Å². The van der Waals surface area contributed by atoms with E-state index in [0.29, 0.717) is 0 Å². The van der Waals surface area contributed by atoms with E-state index in [2.05, 4.69) is 4.21 Å². The molecule has 0 saturated heterocycles. The molecule has 0 spiro atoms. The monoisotopic (exact) mass is 172 g/mol. The van der Waals surface area contributed by atoms with Gasteiger partial charge in [-0.1, -0.05) is 0 Å². The third-order valence-corrected chi connectivity index (χ3v) is 3.08. The molecule has 0 radical (unpaired) electrons. The summed E-state index contributed by atoms with van der Waals surface area (Å²) in [6.45, 7) is 1.88. The summed E-state index contributed by atoms with van der Waals surface area (Å²) in [6.07, 6.45) is 0. The molecule has 1 unspecified atom stereocenters. The molecule has 0 aromatic carbocycles. The fraction of sp³-hybridized carbons (Fsp3) is 1.00. The summed E-state index contributed by atoms with van der Waals surface area (Å²) in [5.41, 5.74) is 0. The smallest absolute Gasteiger partial charge is 0.390 e. The molecule has 7 heteroatoms. The minimum absolute atomic E-state index is 0.894. The van der Waals surface area contributed by atoms with Crippen molar-refractivity contribution in [1.29, 1.82) is 0 Å². The van der Waals surface area contributed by atoms with Crippen LogP contribution in [0.25, 0.3) is 0 Å². The second kappa shape index (κ2) is 2.49. The maximum absolute atomic E-state index is 10.3. The highest BCUT2D eigenvalue weighted by molar-refractivity contribution is 7.53. The number of hydrogen-bond donors (Lipinski definition) is 3. The molecule has 0 amide bonds. The average molecular weight is 172 g/mol. The standard InChI is InChI=1S/C2H9O5PSi/c1-8(3,4)7-9(2,5)6/h5-6H,1-2H3,(H,3,4). The van der Waals surface area contributed by atoms with Gasteiger partial charge < -0.3 is 18.7 Å². The zero-order valence-electron chi connectivity index (χ0n) is 5.11. The highest BCUT2D eigenvalue weighted by Gasteiger charge is 2.31. The molecule has 56 valence electrons. The lowest BCUT2D eigenvalue weighted by Crippen LogP contribution is -2.32. The van der Waals surface area contributed by atoms with Crippen LogP contribution in [0.2, 0.25) is 6.55 Å². The van der Waals surface area contributed by atoms with Crippen molar-refractivity contribution in [2.45, 2.75) is 6.55 Å². The second-order valence-electron chi connectivity index (χ2n) is 1.83. The van der Waals surface area contributed by atoms with Crippen molar-refractivity contribution >= 4 is 16.4 Å². The molecular formula is C2H9O5PSi. The largest absolute Gasteiger partial charge is 0.499 e. The molecule has 5 nitrogen and oxygen atoms in total. The van der Waals surface area contributed by atoms with E-state index in [-0.39, 0.29) is 0 Å². The number of hydrogen-bond acceptors (Lipinski definition) is 4. The van der Waals surface area contributed by atoms with Crippen molar-refractivity contribution < 1.29 is 23.3 Å². The lowest BCUT2D eigenvalue weighted by atomic mass is 11.9. The average Bonchev–Trinajstić information content (AvgIpc) is 1.14. The van der Waals surface area contributed by atoms with Crippen LogP contribution in [0.1, 0.15) is 0 Å². The Hall–Kier alpha value is 0.287. The van der Waals surface area contributed by atoms with Gasteiger partial charge in [0, 0.05) is 13.2 Å².